The van der Waals surface area contributed by atoms with E-state index >= 15 is 0 Å². The quantitative estimate of drug-likeness (QED) is 0.587. The molecule has 0 aliphatic carbocycles. The van der Waals surface area contributed by atoms with Crippen molar-refractivity contribution in [3.8, 4) is 0 Å². The summed E-state index contributed by atoms with van der Waals surface area (Å²) in [5.41, 5.74) is 0.634. The van der Waals surface area contributed by atoms with Crippen LogP contribution in [0.15, 0.2) is 11.6 Å². The Hall–Kier alpha value is -1.36. The van der Waals surface area contributed by atoms with E-state index in [0.29, 0.717) is 18.0 Å². The smallest absolute Gasteiger partial charge is 0.333 e. The van der Waals surface area contributed by atoms with Crippen molar-refractivity contribution in [1.29, 1.82) is 0 Å². The average molecular weight is 295 g/mol. The molecule has 2 bridgehead atoms. The van der Waals surface area contributed by atoms with Gasteiger partial charge in [-0.05, 0) is 20.9 Å². The first-order valence-electron chi connectivity index (χ1n) is 7.71. The van der Waals surface area contributed by atoms with Crippen LogP contribution in [0, 0.1) is 0 Å². The highest BCUT2D eigenvalue weighted by Gasteiger charge is 2.47. The molecule has 4 atom stereocenters. The van der Waals surface area contributed by atoms with Crippen molar-refractivity contribution in [1.82, 2.24) is 4.90 Å². The van der Waals surface area contributed by atoms with E-state index in [1.54, 1.807) is 19.9 Å². The Morgan fingerprint density at radius 2 is 1.95 bits per heavy atom. The molecule has 2 rings (SSSR count). The second-order valence-corrected chi connectivity index (χ2v) is 5.97. The third-order valence-electron chi connectivity index (χ3n) is 4.67. The van der Waals surface area contributed by atoms with Gasteiger partial charge in [0.1, 0.15) is 12.2 Å². The SMILES string of the molecule is C/C=C(\C)C(=O)OC1CC2CC(OC(=O)CC)C(C1)N2C. The maximum atomic E-state index is 11.9. The summed E-state index contributed by atoms with van der Waals surface area (Å²) in [5.74, 6) is -0.396. The van der Waals surface area contributed by atoms with Crippen LogP contribution in [-0.4, -0.2) is 48.2 Å². The fourth-order valence-corrected chi connectivity index (χ4v) is 3.21. The molecule has 2 aliphatic heterocycles. The lowest BCUT2D eigenvalue weighted by Gasteiger charge is -2.36. The zero-order chi connectivity index (χ0) is 15.6. The van der Waals surface area contributed by atoms with Crippen molar-refractivity contribution in [2.45, 2.75) is 70.7 Å². The van der Waals surface area contributed by atoms with E-state index in [-0.39, 0.29) is 30.2 Å². The molecule has 0 N–H and O–H groups in total. The highest BCUT2D eigenvalue weighted by atomic mass is 16.6. The first kappa shape index (κ1) is 16.0. The maximum Gasteiger partial charge on any atom is 0.333 e. The van der Waals surface area contributed by atoms with Gasteiger partial charge in [-0.25, -0.2) is 4.79 Å². The van der Waals surface area contributed by atoms with Gasteiger partial charge in [0.15, 0.2) is 0 Å². The molecule has 4 unspecified atom stereocenters. The molecule has 2 saturated heterocycles. The number of esters is 2. The minimum absolute atomic E-state index is 0.0704. The van der Waals surface area contributed by atoms with Crippen molar-refractivity contribution in [3.63, 3.8) is 0 Å². The Labute approximate surface area is 126 Å². The van der Waals surface area contributed by atoms with Gasteiger partial charge in [0, 0.05) is 37.3 Å². The molecule has 2 heterocycles. The third kappa shape index (κ3) is 3.46. The average Bonchev–Trinajstić information content (AvgIpc) is 2.64. The van der Waals surface area contributed by atoms with E-state index in [0.717, 1.165) is 19.3 Å². The molecule has 0 saturated carbocycles. The summed E-state index contributed by atoms with van der Waals surface area (Å²) in [6, 6.07) is 0.477. The topological polar surface area (TPSA) is 55.8 Å². The second kappa shape index (κ2) is 6.60. The number of piperidine rings is 1. The monoisotopic (exact) mass is 295 g/mol. The first-order valence-corrected chi connectivity index (χ1v) is 7.71. The van der Waals surface area contributed by atoms with Crippen molar-refractivity contribution in [2.75, 3.05) is 7.05 Å². The minimum atomic E-state index is -0.242. The van der Waals surface area contributed by atoms with Gasteiger partial charge < -0.3 is 9.47 Å². The molecular formula is C16H25NO4. The molecule has 2 aliphatic rings. The number of allylic oxidation sites excluding steroid dienone is 1. The number of hydrogen-bond donors (Lipinski definition) is 0. The highest BCUT2D eigenvalue weighted by molar-refractivity contribution is 5.87. The van der Waals surface area contributed by atoms with Crippen molar-refractivity contribution < 1.29 is 19.1 Å². The molecule has 0 aromatic rings. The lowest BCUT2D eigenvalue weighted by molar-refractivity contribution is -0.153. The Balaban J connectivity index is 1.98. The van der Waals surface area contributed by atoms with Crippen LogP contribution in [0.4, 0.5) is 0 Å². The van der Waals surface area contributed by atoms with Gasteiger partial charge in [0.2, 0.25) is 0 Å². The summed E-state index contributed by atoms with van der Waals surface area (Å²) in [5, 5.41) is 0. The molecule has 5 nitrogen and oxygen atoms in total. The van der Waals surface area contributed by atoms with Crippen LogP contribution in [0.3, 0.4) is 0 Å². The van der Waals surface area contributed by atoms with Crippen molar-refractivity contribution >= 4 is 11.9 Å². The van der Waals surface area contributed by atoms with Crippen LogP contribution in [0.5, 0.6) is 0 Å². The van der Waals surface area contributed by atoms with Crippen molar-refractivity contribution in [2.24, 2.45) is 0 Å². The standard InChI is InChI=1S/C16H25NO4/c1-5-10(3)16(19)20-12-7-11-8-14(21-15(18)6-2)13(9-12)17(11)4/h5,11-14H,6-9H2,1-4H3/b10-5+. The van der Waals surface area contributed by atoms with E-state index in [4.69, 9.17) is 9.47 Å². The van der Waals surface area contributed by atoms with E-state index < -0.39 is 0 Å². The van der Waals surface area contributed by atoms with E-state index in [1.807, 2.05) is 6.92 Å². The van der Waals surface area contributed by atoms with E-state index in [1.165, 1.54) is 0 Å². The van der Waals surface area contributed by atoms with Crippen LogP contribution >= 0.6 is 0 Å². The zero-order valence-corrected chi connectivity index (χ0v) is 13.3. The van der Waals surface area contributed by atoms with Gasteiger partial charge in [-0.2, -0.15) is 0 Å². The Morgan fingerprint density at radius 3 is 2.57 bits per heavy atom. The molecule has 2 fully saturated rings. The predicted octanol–water partition coefficient (Wildman–Crippen LogP) is 2.05. The lowest BCUT2D eigenvalue weighted by atomic mass is 10.00. The third-order valence-corrected chi connectivity index (χ3v) is 4.67. The maximum absolute atomic E-state index is 11.9. The zero-order valence-electron chi connectivity index (χ0n) is 13.3. The van der Waals surface area contributed by atoms with Crippen LogP contribution in [0.1, 0.15) is 46.5 Å². The van der Waals surface area contributed by atoms with Gasteiger partial charge in [0.25, 0.3) is 0 Å². The fraction of sp³-hybridized carbons (Fsp3) is 0.750. The number of nitrogens with zero attached hydrogens (tertiary/aromatic N) is 1. The summed E-state index contributed by atoms with van der Waals surface area (Å²) in [6.45, 7) is 5.39. The summed E-state index contributed by atoms with van der Waals surface area (Å²) >= 11 is 0. The molecular weight excluding hydrogens is 270 g/mol. The fourth-order valence-electron chi connectivity index (χ4n) is 3.21. The predicted molar refractivity (Wildman–Crippen MR) is 78.7 cm³/mol. The van der Waals surface area contributed by atoms with Crippen LogP contribution < -0.4 is 0 Å². The van der Waals surface area contributed by atoms with Gasteiger partial charge >= 0.3 is 11.9 Å². The van der Waals surface area contributed by atoms with Gasteiger partial charge in [-0.15, -0.1) is 0 Å². The van der Waals surface area contributed by atoms with Crippen molar-refractivity contribution in [3.05, 3.63) is 11.6 Å². The van der Waals surface area contributed by atoms with E-state index in [9.17, 15) is 9.59 Å². The summed E-state index contributed by atoms with van der Waals surface area (Å²) < 4.78 is 11.1. The van der Waals surface area contributed by atoms with E-state index in [2.05, 4.69) is 11.9 Å². The Morgan fingerprint density at radius 1 is 1.24 bits per heavy atom. The molecule has 5 heteroatoms. The molecule has 21 heavy (non-hydrogen) atoms. The Bertz CT molecular complexity index is 446. The number of carbonyl (C=O) groups excluding carboxylic acids is 2. The first-order chi connectivity index (χ1) is 9.96. The number of rotatable bonds is 4. The minimum Gasteiger partial charge on any atom is -0.461 e. The van der Waals surface area contributed by atoms with Crippen LogP contribution in [-0.2, 0) is 19.1 Å². The number of carbonyl (C=O) groups is 2. The van der Waals surface area contributed by atoms with Gasteiger partial charge in [-0.1, -0.05) is 13.0 Å². The highest BCUT2D eigenvalue weighted by Crippen LogP contribution is 2.37. The molecule has 0 aromatic heterocycles. The molecule has 0 aromatic carbocycles. The molecule has 118 valence electrons. The molecule has 0 radical (unpaired) electrons. The summed E-state index contributed by atoms with van der Waals surface area (Å²) in [7, 11) is 2.06. The summed E-state index contributed by atoms with van der Waals surface area (Å²) in [4.78, 5) is 25.7. The Kier molecular flexibility index (Phi) is 5.04. The van der Waals surface area contributed by atoms with Crippen LogP contribution in [0.25, 0.3) is 0 Å². The van der Waals surface area contributed by atoms with Crippen LogP contribution in [0.2, 0.25) is 0 Å². The van der Waals surface area contributed by atoms with Gasteiger partial charge in [-0.3, -0.25) is 9.69 Å². The van der Waals surface area contributed by atoms with Gasteiger partial charge in [0.05, 0.1) is 6.04 Å². The number of likely N-dealkylation sites (N-methyl/N-ethyl adjacent to an activating group) is 1. The second-order valence-electron chi connectivity index (χ2n) is 5.97. The molecule has 0 amide bonds. The summed E-state index contributed by atoms with van der Waals surface area (Å²) in [6.07, 6.45) is 4.40. The number of ether oxygens (including phenoxy) is 2. The molecule has 0 spiro atoms. The largest absolute Gasteiger partial charge is 0.461 e. The lowest BCUT2D eigenvalue weighted by Crippen LogP contribution is -2.46. The normalized spacial score (nSPS) is 32.9. The number of fused-ring (bicyclic) bond motifs is 2. The number of hydrogen-bond acceptors (Lipinski definition) is 5.